The van der Waals surface area contributed by atoms with Gasteiger partial charge in [0.05, 0.1) is 16.8 Å². The Morgan fingerprint density at radius 3 is 2.89 bits per heavy atom. The molecule has 2 rings (SSSR count). The van der Waals surface area contributed by atoms with Crippen molar-refractivity contribution in [2.75, 3.05) is 0 Å². The third kappa shape index (κ3) is 3.60. The van der Waals surface area contributed by atoms with Crippen LogP contribution >= 0.6 is 11.3 Å². The van der Waals surface area contributed by atoms with Crippen LogP contribution in [0.4, 0.5) is 0 Å². The van der Waals surface area contributed by atoms with Crippen LogP contribution in [0.3, 0.4) is 0 Å². The summed E-state index contributed by atoms with van der Waals surface area (Å²) in [4.78, 5) is 23.6. The van der Waals surface area contributed by atoms with Gasteiger partial charge >= 0.3 is 0 Å². The van der Waals surface area contributed by atoms with E-state index in [0.29, 0.717) is 10.6 Å². The minimum Gasteiger partial charge on any atom is -0.325 e. The van der Waals surface area contributed by atoms with Crippen molar-refractivity contribution in [1.82, 2.24) is 25.8 Å². The summed E-state index contributed by atoms with van der Waals surface area (Å²) >= 11 is 1.29. The van der Waals surface area contributed by atoms with Gasteiger partial charge < -0.3 is 5.73 Å². The highest BCUT2D eigenvalue weighted by atomic mass is 32.1. The Labute approximate surface area is 112 Å². The molecule has 0 bridgehead atoms. The molecule has 2 aromatic heterocycles. The molecular weight excluding hydrogens is 268 g/mol. The molecule has 2 heterocycles. The zero-order valence-corrected chi connectivity index (χ0v) is 10.7. The number of amides is 2. The maximum atomic E-state index is 11.5. The van der Waals surface area contributed by atoms with Gasteiger partial charge in [-0.15, -0.1) is 16.4 Å². The van der Waals surface area contributed by atoms with Crippen molar-refractivity contribution in [3.63, 3.8) is 0 Å². The predicted molar refractivity (Wildman–Crippen MR) is 67.8 cm³/mol. The second-order valence-electron chi connectivity index (χ2n) is 3.59. The number of nitrogens with zero attached hydrogens (tertiary/aromatic N) is 3. The van der Waals surface area contributed by atoms with E-state index in [1.807, 2.05) is 0 Å². The number of hydrazine groups is 1. The van der Waals surface area contributed by atoms with E-state index >= 15 is 0 Å². The van der Waals surface area contributed by atoms with Gasteiger partial charge in [-0.25, -0.2) is 4.68 Å². The van der Waals surface area contributed by atoms with Gasteiger partial charge in [-0.3, -0.25) is 20.4 Å². The van der Waals surface area contributed by atoms with Crippen molar-refractivity contribution < 1.29 is 9.59 Å². The molecule has 0 spiro atoms. The van der Waals surface area contributed by atoms with Gasteiger partial charge in [-0.05, 0) is 11.4 Å². The molecule has 0 aliphatic heterocycles. The van der Waals surface area contributed by atoms with E-state index in [-0.39, 0.29) is 19.0 Å². The Kier molecular flexibility index (Phi) is 4.21. The van der Waals surface area contributed by atoms with Crippen molar-refractivity contribution in [3.05, 3.63) is 34.3 Å². The molecule has 0 radical (unpaired) electrons. The monoisotopic (exact) mass is 280 g/mol. The second-order valence-corrected chi connectivity index (χ2v) is 4.54. The Morgan fingerprint density at radius 1 is 1.42 bits per heavy atom. The van der Waals surface area contributed by atoms with Gasteiger partial charge in [0.1, 0.15) is 6.54 Å². The molecule has 2 aromatic rings. The van der Waals surface area contributed by atoms with E-state index < -0.39 is 5.91 Å². The average Bonchev–Trinajstić information content (AvgIpc) is 3.06. The number of carbonyl (C=O) groups is 2. The zero-order valence-electron chi connectivity index (χ0n) is 9.87. The molecule has 8 nitrogen and oxygen atoms in total. The molecule has 9 heteroatoms. The van der Waals surface area contributed by atoms with E-state index in [2.05, 4.69) is 21.2 Å². The smallest absolute Gasteiger partial charge is 0.279 e. The number of hydrogen-bond donors (Lipinski definition) is 3. The van der Waals surface area contributed by atoms with Crippen molar-refractivity contribution in [3.8, 4) is 0 Å². The molecule has 4 N–H and O–H groups in total. The van der Waals surface area contributed by atoms with Crippen LogP contribution in [0.2, 0.25) is 0 Å². The van der Waals surface area contributed by atoms with Crippen LogP contribution in [-0.4, -0.2) is 26.8 Å². The predicted octanol–water partition coefficient (Wildman–Crippen LogP) is -0.741. The summed E-state index contributed by atoms with van der Waals surface area (Å²) in [5, 5.41) is 9.24. The van der Waals surface area contributed by atoms with Crippen LogP contribution in [0.5, 0.6) is 0 Å². The number of aromatic nitrogens is 3. The summed E-state index contributed by atoms with van der Waals surface area (Å²) in [5.41, 5.74) is 10.6. The van der Waals surface area contributed by atoms with Crippen molar-refractivity contribution in [2.45, 2.75) is 13.1 Å². The van der Waals surface area contributed by atoms with E-state index in [0.717, 1.165) is 0 Å². The zero-order chi connectivity index (χ0) is 13.7. The standard InChI is InChI=1S/C10H12N6O2S/c11-4-7-5-16(15-12-7)6-9(17)13-14-10(18)8-2-1-3-19-8/h1-3,5H,4,6,11H2,(H,13,17)(H,14,18). The number of thiophene rings is 1. The van der Waals surface area contributed by atoms with E-state index in [1.54, 1.807) is 23.7 Å². The molecular formula is C10H12N6O2S. The average molecular weight is 280 g/mol. The quantitative estimate of drug-likeness (QED) is 0.638. The maximum Gasteiger partial charge on any atom is 0.279 e. The largest absolute Gasteiger partial charge is 0.325 e. The Balaban J connectivity index is 1.80. The Morgan fingerprint density at radius 2 is 2.26 bits per heavy atom. The lowest BCUT2D eigenvalue weighted by Crippen LogP contribution is -2.43. The van der Waals surface area contributed by atoms with Gasteiger partial charge in [0.2, 0.25) is 0 Å². The third-order valence-corrected chi connectivity index (χ3v) is 3.03. The maximum absolute atomic E-state index is 11.5. The van der Waals surface area contributed by atoms with E-state index in [1.165, 1.54) is 16.0 Å². The fraction of sp³-hybridized carbons (Fsp3) is 0.200. The highest BCUT2D eigenvalue weighted by Gasteiger charge is 2.09. The highest BCUT2D eigenvalue weighted by Crippen LogP contribution is 2.06. The molecule has 0 aromatic carbocycles. The summed E-state index contributed by atoms with van der Waals surface area (Å²) in [6.07, 6.45) is 1.57. The van der Waals surface area contributed by atoms with Crippen molar-refractivity contribution >= 4 is 23.2 Å². The third-order valence-electron chi connectivity index (χ3n) is 2.16. The molecule has 0 saturated heterocycles. The van der Waals surface area contributed by atoms with Gasteiger partial charge in [0.25, 0.3) is 11.8 Å². The van der Waals surface area contributed by atoms with Crippen molar-refractivity contribution in [2.24, 2.45) is 5.73 Å². The molecule has 2 amide bonds. The lowest BCUT2D eigenvalue weighted by atomic mass is 10.4. The summed E-state index contributed by atoms with van der Waals surface area (Å²) in [6, 6.07) is 3.42. The molecule has 0 atom stereocenters. The summed E-state index contributed by atoms with van der Waals surface area (Å²) in [6.45, 7) is 0.217. The van der Waals surface area contributed by atoms with Crippen LogP contribution < -0.4 is 16.6 Å². The van der Waals surface area contributed by atoms with Gasteiger partial charge in [-0.2, -0.15) is 0 Å². The lowest BCUT2D eigenvalue weighted by Gasteiger charge is -2.05. The van der Waals surface area contributed by atoms with Gasteiger partial charge in [0, 0.05) is 6.54 Å². The normalized spacial score (nSPS) is 10.2. The number of carbonyl (C=O) groups excluding carboxylic acids is 2. The lowest BCUT2D eigenvalue weighted by molar-refractivity contribution is -0.122. The molecule has 0 saturated carbocycles. The summed E-state index contributed by atoms with van der Waals surface area (Å²) in [7, 11) is 0. The van der Waals surface area contributed by atoms with Gasteiger partial charge in [0.15, 0.2) is 0 Å². The molecule has 0 fully saturated rings. The van der Waals surface area contributed by atoms with Crippen LogP contribution in [0, 0.1) is 0 Å². The Bertz CT molecular complexity index is 564. The molecule has 0 aliphatic rings. The van der Waals surface area contributed by atoms with Crippen LogP contribution in [-0.2, 0) is 17.9 Å². The molecule has 100 valence electrons. The van der Waals surface area contributed by atoms with Crippen LogP contribution in [0.15, 0.2) is 23.7 Å². The van der Waals surface area contributed by atoms with Crippen molar-refractivity contribution in [1.29, 1.82) is 0 Å². The fourth-order valence-electron chi connectivity index (χ4n) is 1.29. The fourth-order valence-corrected chi connectivity index (χ4v) is 1.91. The summed E-state index contributed by atoms with van der Waals surface area (Å²) < 4.78 is 1.34. The second kappa shape index (κ2) is 6.07. The number of nitrogens with two attached hydrogens (primary N) is 1. The van der Waals surface area contributed by atoms with Crippen LogP contribution in [0.1, 0.15) is 15.4 Å². The SMILES string of the molecule is NCc1cn(CC(=O)NNC(=O)c2cccs2)nn1. The molecule has 0 aliphatic carbocycles. The van der Waals surface area contributed by atoms with Crippen LogP contribution in [0.25, 0.3) is 0 Å². The minimum absolute atomic E-state index is 0.0439. The Hall–Kier alpha value is -2.26. The first-order valence-electron chi connectivity index (χ1n) is 5.41. The van der Waals surface area contributed by atoms with E-state index in [9.17, 15) is 9.59 Å². The van der Waals surface area contributed by atoms with Gasteiger partial charge in [-0.1, -0.05) is 11.3 Å². The van der Waals surface area contributed by atoms with E-state index in [4.69, 9.17) is 5.73 Å². The number of hydrogen-bond acceptors (Lipinski definition) is 6. The first-order chi connectivity index (χ1) is 9.19. The minimum atomic E-state index is -0.404. The topological polar surface area (TPSA) is 115 Å². The number of rotatable bonds is 4. The molecule has 19 heavy (non-hydrogen) atoms. The number of nitrogens with one attached hydrogen (secondary N) is 2. The summed E-state index contributed by atoms with van der Waals surface area (Å²) in [5.74, 6) is -0.761. The first kappa shape index (κ1) is 13.2. The highest BCUT2D eigenvalue weighted by molar-refractivity contribution is 7.12. The molecule has 0 unspecified atom stereocenters. The first-order valence-corrected chi connectivity index (χ1v) is 6.29.